The molecule has 0 saturated heterocycles. The number of nitrogen functional groups attached to an aromatic ring is 1. The zero-order valence-electron chi connectivity index (χ0n) is 10.5. The predicted octanol–water partition coefficient (Wildman–Crippen LogP) is 2.77. The zero-order chi connectivity index (χ0) is 15.1. The molecule has 2 aromatic heterocycles. The number of halogens is 2. The van der Waals surface area contributed by atoms with E-state index in [9.17, 15) is 18.9 Å². The highest BCUT2D eigenvalue weighted by Crippen LogP contribution is 2.30. The minimum atomic E-state index is -0.961. The Balaban J connectivity index is 2.26. The number of fused-ring (bicyclic) bond motifs is 1. The van der Waals surface area contributed by atoms with Gasteiger partial charge >= 0.3 is 5.69 Å². The number of hydrogen-bond donors (Lipinski definition) is 1. The van der Waals surface area contributed by atoms with Crippen LogP contribution in [0.1, 0.15) is 0 Å². The van der Waals surface area contributed by atoms with E-state index < -0.39 is 22.2 Å². The summed E-state index contributed by atoms with van der Waals surface area (Å²) in [5, 5.41) is 10.8. The van der Waals surface area contributed by atoms with Gasteiger partial charge in [0.2, 0.25) is 5.82 Å². The second-order valence-electron chi connectivity index (χ2n) is 4.32. The van der Waals surface area contributed by atoms with Crippen molar-refractivity contribution in [1.82, 2.24) is 9.38 Å². The van der Waals surface area contributed by atoms with Crippen molar-refractivity contribution < 1.29 is 13.7 Å². The molecule has 0 aliphatic heterocycles. The van der Waals surface area contributed by atoms with Crippen LogP contribution in [0.5, 0.6) is 0 Å². The summed E-state index contributed by atoms with van der Waals surface area (Å²) in [6.45, 7) is 0. The highest BCUT2D eigenvalue weighted by molar-refractivity contribution is 5.76. The monoisotopic (exact) mass is 290 g/mol. The third kappa shape index (κ3) is 1.97. The normalized spacial score (nSPS) is 11.0. The third-order valence-corrected chi connectivity index (χ3v) is 3.06. The molecule has 0 aliphatic rings. The summed E-state index contributed by atoms with van der Waals surface area (Å²) in [6, 6.07) is 5.95. The van der Waals surface area contributed by atoms with E-state index in [1.54, 1.807) is 0 Å². The van der Waals surface area contributed by atoms with Crippen LogP contribution < -0.4 is 5.73 Å². The molecular weight excluding hydrogens is 282 g/mol. The minimum absolute atomic E-state index is 0.00280. The number of pyridine rings is 1. The van der Waals surface area contributed by atoms with E-state index in [1.165, 1.54) is 28.8 Å². The van der Waals surface area contributed by atoms with Crippen molar-refractivity contribution in [3.05, 3.63) is 58.3 Å². The smallest absolute Gasteiger partial charge is 0.305 e. The fourth-order valence-electron chi connectivity index (χ4n) is 2.07. The highest BCUT2D eigenvalue weighted by atomic mass is 19.1. The van der Waals surface area contributed by atoms with Gasteiger partial charge in [-0.05, 0) is 24.3 Å². The number of nitrogens with two attached hydrogens (primary N) is 1. The molecule has 0 atom stereocenters. The Bertz CT molecular complexity index is 876. The van der Waals surface area contributed by atoms with Crippen molar-refractivity contribution >= 4 is 17.2 Å². The number of nitro benzene ring substituents is 1. The summed E-state index contributed by atoms with van der Waals surface area (Å²) in [5.74, 6) is -1.42. The van der Waals surface area contributed by atoms with Crippen LogP contribution in [0.15, 0.2) is 36.5 Å². The molecule has 3 rings (SSSR count). The topological polar surface area (TPSA) is 86.5 Å². The van der Waals surface area contributed by atoms with Crippen molar-refractivity contribution in [1.29, 1.82) is 0 Å². The SMILES string of the molecule is Nc1c(-c2ccc(F)c([N+](=O)[O-])c2)nc2c(F)cccn12. The van der Waals surface area contributed by atoms with Crippen LogP contribution in [0.3, 0.4) is 0 Å². The molecule has 0 saturated carbocycles. The lowest BCUT2D eigenvalue weighted by atomic mass is 10.1. The molecule has 8 heteroatoms. The Morgan fingerprint density at radius 3 is 2.67 bits per heavy atom. The Hall–Kier alpha value is -3.03. The van der Waals surface area contributed by atoms with Gasteiger partial charge in [-0.2, -0.15) is 4.39 Å². The first-order valence-corrected chi connectivity index (χ1v) is 5.85. The summed E-state index contributed by atoms with van der Waals surface area (Å²) in [7, 11) is 0. The van der Waals surface area contributed by atoms with Gasteiger partial charge < -0.3 is 5.73 Å². The Labute approximate surface area is 116 Å². The average Bonchev–Trinajstić information content (AvgIpc) is 2.78. The van der Waals surface area contributed by atoms with Gasteiger partial charge in [-0.3, -0.25) is 14.5 Å². The van der Waals surface area contributed by atoms with Crippen LogP contribution in [-0.2, 0) is 0 Å². The van der Waals surface area contributed by atoms with Crippen molar-refractivity contribution in [3.8, 4) is 11.3 Å². The van der Waals surface area contributed by atoms with E-state index in [4.69, 9.17) is 5.73 Å². The van der Waals surface area contributed by atoms with Gasteiger partial charge in [-0.1, -0.05) is 0 Å². The molecule has 0 aliphatic carbocycles. The fourth-order valence-corrected chi connectivity index (χ4v) is 2.07. The number of nitro groups is 1. The second kappa shape index (κ2) is 4.51. The minimum Gasteiger partial charge on any atom is -0.383 e. The third-order valence-electron chi connectivity index (χ3n) is 3.06. The number of rotatable bonds is 2. The van der Waals surface area contributed by atoms with Gasteiger partial charge in [0, 0.05) is 17.8 Å². The van der Waals surface area contributed by atoms with Crippen molar-refractivity contribution in [3.63, 3.8) is 0 Å². The second-order valence-corrected chi connectivity index (χ2v) is 4.32. The number of aromatic nitrogens is 2. The van der Waals surface area contributed by atoms with E-state index in [-0.39, 0.29) is 22.7 Å². The van der Waals surface area contributed by atoms with E-state index >= 15 is 0 Å². The summed E-state index contributed by atoms with van der Waals surface area (Å²) in [5.41, 5.74) is 5.58. The molecule has 2 N–H and O–H groups in total. The molecule has 0 bridgehead atoms. The van der Waals surface area contributed by atoms with Crippen molar-refractivity contribution in [2.24, 2.45) is 0 Å². The molecular formula is C13H8F2N4O2. The van der Waals surface area contributed by atoms with Crippen LogP contribution in [0, 0.1) is 21.7 Å². The predicted molar refractivity (Wildman–Crippen MR) is 71.6 cm³/mol. The maximum atomic E-state index is 13.7. The molecule has 0 unspecified atom stereocenters. The average molecular weight is 290 g/mol. The van der Waals surface area contributed by atoms with E-state index in [0.29, 0.717) is 0 Å². The lowest BCUT2D eigenvalue weighted by molar-refractivity contribution is -0.387. The van der Waals surface area contributed by atoms with Crippen LogP contribution in [-0.4, -0.2) is 14.3 Å². The molecule has 2 heterocycles. The summed E-state index contributed by atoms with van der Waals surface area (Å²) in [6.07, 6.45) is 1.52. The quantitative estimate of drug-likeness (QED) is 0.580. The molecule has 21 heavy (non-hydrogen) atoms. The molecule has 6 nitrogen and oxygen atoms in total. The number of anilines is 1. The van der Waals surface area contributed by atoms with Crippen LogP contribution in [0.25, 0.3) is 16.9 Å². The summed E-state index contributed by atoms with van der Waals surface area (Å²) in [4.78, 5) is 14.0. The molecule has 0 spiro atoms. The van der Waals surface area contributed by atoms with Gasteiger partial charge in [-0.15, -0.1) is 0 Å². The first-order chi connectivity index (χ1) is 9.99. The van der Waals surface area contributed by atoms with E-state index in [1.807, 2.05) is 0 Å². The lowest BCUT2D eigenvalue weighted by Crippen LogP contribution is -1.96. The standard InChI is InChI=1S/C13H8F2N4O2/c14-8-4-3-7(6-10(8)19(20)21)11-12(16)18-5-1-2-9(15)13(18)17-11/h1-6H,16H2. The van der Waals surface area contributed by atoms with Crippen molar-refractivity contribution in [2.75, 3.05) is 5.73 Å². The molecule has 1 aromatic carbocycles. The van der Waals surface area contributed by atoms with Crippen LogP contribution >= 0.6 is 0 Å². The number of hydrogen-bond acceptors (Lipinski definition) is 4. The number of imidazole rings is 1. The number of benzene rings is 1. The first-order valence-electron chi connectivity index (χ1n) is 5.85. The summed E-state index contributed by atoms with van der Waals surface area (Å²) < 4.78 is 28.3. The first kappa shape index (κ1) is 13.0. The van der Waals surface area contributed by atoms with Gasteiger partial charge in [0.1, 0.15) is 11.5 Å². The Morgan fingerprint density at radius 1 is 1.24 bits per heavy atom. The lowest BCUT2D eigenvalue weighted by Gasteiger charge is -2.00. The maximum Gasteiger partial charge on any atom is 0.305 e. The van der Waals surface area contributed by atoms with Gasteiger partial charge in [0.05, 0.1) is 4.92 Å². The zero-order valence-corrected chi connectivity index (χ0v) is 10.5. The highest BCUT2D eigenvalue weighted by Gasteiger charge is 2.19. The van der Waals surface area contributed by atoms with Crippen molar-refractivity contribution in [2.45, 2.75) is 0 Å². The maximum absolute atomic E-state index is 13.7. The Morgan fingerprint density at radius 2 is 2.00 bits per heavy atom. The Kier molecular flexibility index (Phi) is 2.79. The van der Waals surface area contributed by atoms with Crippen LogP contribution in [0.2, 0.25) is 0 Å². The van der Waals surface area contributed by atoms with Gasteiger partial charge in [-0.25, -0.2) is 9.37 Å². The number of nitrogens with zero attached hydrogens (tertiary/aromatic N) is 3. The molecule has 106 valence electrons. The molecule has 0 fully saturated rings. The summed E-state index contributed by atoms with van der Waals surface area (Å²) >= 11 is 0. The van der Waals surface area contributed by atoms with E-state index in [2.05, 4.69) is 4.98 Å². The molecule has 0 amide bonds. The molecule has 0 radical (unpaired) electrons. The van der Waals surface area contributed by atoms with Crippen LogP contribution in [0.4, 0.5) is 20.3 Å². The molecule has 3 aromatic rings. The van der Waals surface area contributed by atoms with Gasteiger partial charge in [0.25, 0.3) is 0 Å². The van der Waals surface area contributed by atoms with E-state index in [0.717, 1.165) is 12.1 Å². The largest absolute Gasteiger partial charge is 0.383 e. The fraction of sp³-hybridized carbons (Fsp3) is 0. The van der Waals surface area contributed by atoms with Gasteiger partial charge in [0.15, 0.2) is 11.5 Å².